The molecule has 0 amide bonds. The molecule has 2 aromatic carbocycles. The van der Waals surface area contributed by atoms with E-state index in [4.69, 9.17) is 5.73 Å². The first-order valence-electron chi connectivity index (χ1n) is 6.50. The largest absolute Gasteiger partial charge is 0.399 e. The Balaban J connectivity index is 2.54. The lowest BCUT2D eigenvalue weighted by atomic mass is 10.2. The van der Waals surface area contributed by atoms with Crippen LogP contribution in [0.15, 0.2) is 51.8 Å². The number of nitrogens with zero attached hydrogens (tertiary/aromatic N) is 1. The summed E-state index contributed by atoms with van der Waals surface area (Å²) in [5, 5.41) is 0. The standard InChI is InChI=1S/C15H17BrN2O2S/c1-3-18(13-6-4-5-11(2)9-13)21(19,20)15-8-7-12(17)10-14(15)16/h4-10H,3,17H2,1-2H3. The predicted molar refractivity (Wildman–Crippen MR) is 89.9 cm³/mol. The minimum Gasteiger partial charge on any atom is -0.399 e. The molecule has 0 aliphatic carbocycles. The highest BCUT2D eigenvalue weighted by Gasteiger charge is 2.25. The van der Waals surface area contributed by atoms with E-state index >= 15 is 0 Å². The van der Waals surface area contributed by atoms with Gasteiger partial charge in [0.25, 0.3) is 10.0 Å². The molecule has 0 aliphatic heterocycles. The minimum absolute atomic E-state index is 0.208. The second kappa shape index (κ2) is 6.07. The van der Waals surface area contributed by atoms with Crippen LogP contribution in [-0.4, -0.2) is 15.0 Å². The van der Waals surface area contributed by atoms with E-state index in [2.05, 4.69) is 15.9 Å². The van der Waals surface area contributed by atoms with Crippen LogP contribution in [0.25, 0.3) is 0 Å². The third-order valence-corrected chi connectivity index (χ3v) is 5.98. The molecule has 112 valence electrons. The van der Waals surface area contributed by atoms with Crippen molar-refractivity contribution in [1.29, 1.82) is 0 Å². The molecule has 0 aromatic heterocycles. The Labute approximate surface area is 133 Å². The summed E-state index contributed by atoms with van der Waals surface area (Å²) in [7, 11) is -3.64. The molecule has 0 aliphatic rings. The number of halogens is 1. The van der Waals surface area contributed by atoms with Crippen LogP contribution in [0, 0.1) is 6.92 Å². The first-order chi connectivity index (χ1) is 9.86. The summed E-state index contributed by atoms with van der Waals surface area (Å²) in [5.41, 5.74) is 7.85. The molecular weight excluding hydrogens is 352 g/mol. The molecule has 0 unspecified atom stereocenters. The fraction of sp³-hybridized carbons (Fsp3) is 0.200. The van der Waals surface area contributed by atoms with Gasteiger partial charge in [0, 0.05) is 16.7 Å². The second-order valence-electron chi connectivity index (χ2n) is 4.70. The Morgan fingerprint density at radius 3 is 2.48 bits per heavy atom. The summed E-state index contributed by atoms with van der Waals surface area (Å²) >= 11 is 3.28. The van der Waals surface area contributed by atoms with Crippen molar-refractivity contribution in [3.8, 4) is 0 Å². The predicted octanol–water partition coefficient (Wildman–Crippen LogP) is 3.55. The van der Waals surface area contributed by atoms with E-state index in [1.165, 1.54) is 10.4 Å². The van der Waals surface area contributed by atoms with Crippen molar-refractivity contribution in [2.45, 2.75) is 18.7 Å². The smallest absolute Gasteiger partial charge is 0.265 e. The number of sulfonamides is 1. The Morgan fingerprint density at radius 2 is 1.90 bits per heavy atom. The zero-order valence-corrected chi connectivity index (χ0v) is 14.3. The summed E-state index contributed by atoms with van der Waals surface area (Å²) in [6.07, 6.45) is 0. The molecule has 0 fully saturated rings. The third kappa shape index (κ3) is 3.22. The zero-order chi connectivity index (χ0) is 15.6. The van der Waals surface area contributed by atoms with Gasteiger partial charge < -0.3 is 5.73 Å². The topological polar surface area (TPSA) is 63.4 Å². The minimum atomic E-state index is -3.64. The monoisotopic (exact) mass is 368 g/mol. The molecule has 6 heteroatoms. The number of benzene rings is 2. The summed E-state index contributed by atoms with van der Waals surface area (Å²) in [5.74, 6) is 0. The van der Waals surface area contributed by atoms with Gasteiger partial charge in [-0.1, -0.05) is 12.1 Å². The fourth-order valence-corrected chi connectivity index (χ4v) is 4.64. The summed E-state index contributed by atoms with van der Waals surface area (Å²) < 4.78 is 27.6. The van der Waals surface area contributed by atoms with Crippen molar-refractivity contribution in [1.82, 2.24) is 0 Å². The number of hydrogen-bond acceptors (Lipinski definition) is 3. The van der Waals surface area contributed by atoms with Gasteiger partial charge in [-0.3, -0.25) is 4.31 Å². The van der Waals surface area contributed by atoms with Gasteiger partial charge in [-0.05, 0) is 65.7 Å². The Hall–Kier alpha value is -1.53. The number of aryl methyl sites for hydroxylation is 1. The maximum Gasteiger partial charge on any atom is 0.265 e. The number of rotatable bonds is 4. The lowest BCUT2D eigenvalue weighted by molar-refractivity contribution is 0.591. The van der Waals surface area contributed by atoms with Gasteiger partial charge in [-0.15, -0.1) is 0 Å². The Kier molecular flexibility index (Phi) is 4.58. The lowest BCUT2D eigenvalue weighted by Gasteiger charge is -2.24. The molecule has 0 bridgehead atoms. The zero-order valence-electron chi connectivity index (χ0n) is 11.9. The van der Waals surface area contributed by atoms with Crippen molar-refractivity contribution in [3.63, 3.8) is 0 Å². The number of hydrogen-bond donors (Lipinski definition) is 1. The van der Waals surface area contributed by atoms with E-state index in [1.807, 2.05) is 32.0 Å². The van der Waals surface area contributed by atoms with Crippen LogP contribution in [0.1, 0.15) is 12.5 Å². The van der Waals surface area contributed by atoms with E-state index in [1.54, 1.807) is 18.2 Å². The van der Waals surface area contributed by atoms with Gasteiger partial charge in [0.1, 0.15) is 4.90 Å². The van der Waals surface area contributed by atoms with Gasteiger partial charge in [0.2, 0.25) is 0 Å². The van der Waals surface area contributed by atoms with Crippen molar-refractivity contribution in [2.24, 2.45) is 0 Å². The van der Waals surface area contributed by atoms with Crippen LogP contribution < -0.4 is 10.0 Å². The summed E-state index contributed by atoms with van der Waals surface area (Å²) in [6.45, 7) is 4.09. The molecule has 0 saturated carbocycles. The van der Waals surface area contributed by atoms with Crippen LogP contribution in [0.3, 0.4) is 0 Å². The quantitative estimate of drug-likeness (QED) is 0.839. The molecule has 2 aromatic rings. The average Bonchev–Trinajstić information content (AvgIpc) is 2.38. The van der Waals surface area contributed by atoms with Crippen molar-refractivity contribution < 1.29 is 8.42 Å². The SMILES string of the molecule is CCN(c1cccc(C)c1)S(=O)(=O)c1ccc(N)cc1Br. The normalized spacial score (nSPS) is 11.4. The first kappa shape index (κ1) is 15.9. The summed E-state index contributed by atoms with van der Waals surface area (Å²) in [6, 6.07) is 12.1. The molecule has 0 spiro atoms. The molecule has 0 saturated heterocycles. The van der Waals surface area contributed by atoms with Crippen LogP contribution in [0.4, 0.5) is 11.4 Å². The van der Waals surface area contributed by atoms with Crippen LogP contribution in [0.2, 0.25) is 0 Å². The van der Waals surface area contributed by atoms with Crippen molar-refractivity contribution in [2.75, 3.05) is 16.6 Å². The van der Waals surface area contributed by atoms with Crippen LogP contribution in [-0.2, 0) is 10.0 Å². The highest BCUT2D eigenvalue weighted by molar-refractivity contribution is 9.10. The van der Waals surface area contributed by atoms with Gasteiger partial charge in [-0.25, -0.2) is 8.42 Å². The molecule has 21 heavy (non-hydrogen) atoms. The van der Waals surface area contributed by atoms with Gasteiger partial charge >= 0.3 is 0 Å². The van der Waals surface area contributed by atoms with Crippen molar-refractivity contribution >= 4 is 37.3 Å². The first-order valence-corrected chi connectivity index (χ1v) is 8.74. The van der Waals surface area contributed by atoms with E-state index < -0.39 is 10.0 Å². The fourth-order valence-electron chi connectivity index (χ4n) is 2.12. The van der Waals surface area contributed by atoms with Gasteiger partial charge in [-0.2, -0.15) is 0 Å². The highest BCUT2D eigenvalue weighted by Crippen LogP contribution is 2.30. The average molecular weight is 369 g/mol. The second-order valence-corrected chi connectivity index (χ2v) is 7.38. The molecule has 0 atom stereocenters. The van der Waals surface area contributed by atoms with Crippen LogP contribution in [0.5, 0.6) is 0 Å². The molecule has 0 radical (unpaired) electrons. The number of nitrogen functional groups attached to an aromatic ring is 1. The van der Waals surface area contributed by atoms with Gasteiger partial charge in [0.05, 0.1) is 5.69 Å². The molecule has 2 N–H and O–H groups in total. The Morgan fingerprint density at radius 1 is 1.19 bits per heavy atom. The van der Waals surface area contributed by atoms with E-state index in [9.17, 15) is 8.42 Å². The van der Waals surface area contributed by atoms with E-state index in [0.29, 0.717) is 22.4 Å². The molecule has 4 nitrogen and oxygen atoms in total. The maximum absolute atomic E-state index is 12.9. The van der Waals surface area contributed by atoms with E-state index in [-0.39, 0.29) is 4.90 Å². The molecular formula is C15H17BrN2O2S. The lowest BCUT2D eigenvalue weighted by Crippen LogP contribution is -2.31. The maximum atomic E-state index is 12.9. The van der Waals surface area contributed by atoms with E-state index in [0.717, 1.165) is 5.56 Å². The van der Waals surface area contributed by atoms with Crippen LogP contribution >= 0.6 is 15.9 Å². The summed E-state index contributed by atoms with van der Waals surface area (Å²) in [4.78, 5) is 0.208. The Bertz CT molecular complexity index is 760. The molecule has 2 rings (SSSR count). The van der Waals surface area contributed by atoms with Crippen molar-refractivity contribution in [3.05, 3.63) is 52.5 Å². The van der Waals surface area contributed by atoms with Gasteiger partial charge in [0.15, 0.2) is 0 Å². The number of anilines is 2. The third-order valence-electron chi connectivity index (χ3n) is 3.10. The molecule has 0 heterocycles. The highest BCUT2D eigenvalue weighted by atomic mass is 79.9. The number of nitrogens with two attached hydrogens (primary N) is 1.